The van der Waals surface area contributed by atoms with Gasteiger partial charge in [0.25, 0.3) is 0 Å². The molecule has 2 aliphatic carbocycles. The first-order valence-electron chi connectivity index (χ1n) is 17.0. The summed E-state index contributed by atoms with van der Waals surface area (Å²) >= 11 is 2.76. The number of benzene rings is 4. The van der Waals surface area contributed by atoms with Crippen molar-refractivity contribution in [3.05, 3.63) is 129 Å². The van der Waals surface area contributed by atoms with Gasteiger partial charge in [-0.3, -0.25) is 0 Å². The molecule has 0 saturated heterocycles. The fraction of sp³-hybridized carbons (Fsp3) is 0.200. The largest absolute Gasteiger partial charge is 0.497 e. The van der Waals surface area contributed by atoms with Crippen LogP contribution in [0.1, 0.15) is 45.4 Å². The first kappa shape index (κ1) is 39.4. The van der Waals surface area contributed by atoms with Gasteiger partial charge in [-0.25, -0.2) is 37.5 Å². The number of ether oxygens (including phenoxy) is 2. The number of aryl methyl sites for hydroxylation is 4. The number of aromatic nitrogens is 2. The lowest BCUT2D eigenvalue weighted by Crippen LogP contribution is -2.13. The Morgan fingerprint density at radius 1 is 0.600 bits per heavy atom. The summed E-state index contributed by atoms with van der Waals surface area (Å²) in [7, 11) is 3.26. The number of aliphatic imine (C=N–C) groups is 2. The summed E-state index contributed by atoms with van der Waals surface area (Å²) in [5.41, 5.74) is 17.7. The second kappa shape index (κ2) is 17.0. The van der Waals surface area contributed by atoms with Crippen molar-refractivity contribution in [2.45, 2.75) is 38.5 Å². The van der Waals surface area contributed by atoms with E-state index in [1.54, 1.807) is 14.2 Å². The van der Waals surface area contributed by atoms with Gasteiger partial charge in [-0.05, 0) is 98.2 Å². The van der Waals surface area contributed by atoms with Crippen molar-refractivity contribution in [2.24, 2.45) is 21.5 Å². The third kappa shape index (κ3) is 8.36. The molecule has 0 aliphatic heterocycles. The van der Waals surface area contributed by atoms with Gasteiger partial charge in [-0.15, -0.1) is 35.1 Å². The second-order valence-corrected chi connectivity index (χ2v) is 14.5. The number of rotatable bonds is 6. The Kier molecular flexibility index (Phi) is 12.2. The summed E-state index contributed by atoms with van der Waals surface area (Å²) in [6.07, 6.45) is 5.47. The Bertz CT molecular complexity index is 2230. The molecule has 2 aliphatic rings. The maximum absolute atomic E-state index is 13.9. The number of thiazole rings is 2. The fourth-order valence-corrected chi connectivity index (χ4v) is 8.46. The quantitative estimate of drug-likeness (QED) is 0.0983. The maximum atomic E-state index is 13.9. The zero-order valence-electron chi connectivity index (χ0n) is 29.7. The lowest BCUT2D eigenvalue weighted by atomic mass is 10.0. The Hall–Kier alpha value is -5.31. The summed E-state index contributed by atoms with van der Waals surface area (Å²) in [6, 6.07) is 19.2. The van der Waals surface area contributed by atoms with Crippen LogP contribution in [0.4, 0.5) is 28.9 Å². The monoisotopic (exact) mass is 806 g/mol. The lowest BCUT2D eigenvalue weighted by molar-refractivity contribution is 0.414. The third-order valence-electron chi connectivity index (χ3n) is 9.02. The first-order valence-corrected chi connectivity index (χ1v) is 18.7. The molecule has 2 aromatic heterocycles. The molecular formula is C40H35ClF4N6O2S2. The zero-order chi connectivity index (χ0) is 37.9. The van der Waals surface area contributed by atoms with E-state index in [2.05, 4.69) is 32.1 Å². The zero-order valence-corrected chi connectivity index (χ0v) is 32.1. The van der Waals surface area contributed by atoms with Crippen LogP contribution < -0.4 is 20.9 Å². The first-order chi connectivity index (χ1) is 26.1. The van der Waals surface area contributed by atoms with Crippen LogP contribution in [0.15, 0.2) is 82.8 Å². The minimum atomic E-state index is -0.758. The summed E-state index contributed by atoms with van der Waals surface area (Å²) in [5, 5.41) is 0.914. The highest BCUT2D eigenvalue weighted by Gasteiger charge is 2.23. The molecule has 4 aromatic carbocycles. The predicted octanol–water partition coefficient (Wildman–Crippen LogP) is 9.67. The molecule has 0 unspecified atom stereocenters. The van der Waals surface area contributed by atoms with Crippen LogP contribution in [-0.2, 0) is 25.7 Å². The van der Waals surface area contributed by atoms with E-state index in [0.717, 1.165) is 107 Å². The van der Waals surface area contributed by atoms with Crippen LogP contribution in [0.25, 0.3) is 20.9 Å². The van der Waals surface area contributed by atoms with E-state index in [1.165, 1.54) is 45.9 Å². The van der Waals surface area contributed by atoms with Gasteiger partial charge in [-0.1, -0.05) is 24.3 Å². The molecule has 55 heavy (non-hydrogen) atoms. The van der Waals surface area contributed by atoms with Crippen molar-refractivity contribution >= 4 is 58.1 Å². The number of para-hydroxylation sites is 2. The highest BCUT2D eigenvalue weighted by molar-refractivity contribution is 7.17. The lowest BCUT2D eigenvalue weighted by Gasteiger charge is -2.07. The number of hydrogen-bond donors (Lipinski definition) is 2. The Labute approximate surface area is 329 Å². The van der Waals surface area contributed by atoms with E-state index in [-0.39, 0.29) is 24.1 Å². The van der Waals surface area contributed by atoms with Crippen LogP contribution in [-0.4, -0.2) is 35.9 Å². The van der Waals surface area contributed by atoms with Crippen LogP contribution in [0.2, 0.25) is 0 Å². The molecule has 0 bridgehead atoms. The van der Waals surface area contributed by atoms with Gasteiger partial charge in [-0.2, -0.15) is 0 Å². The third-order valence-corrected chi connectivity index (χ3v) is 11.3. The van der Waals surface area contributed by atoms with Crippen LogP contribution in [0.3, 0.4) is 0 Å². The van der Waals surface area contributed by atoms with Crippen molar-refractivity contribution < 1.29 is 27.0 Å². The van der Waals surface area contributed by atoms with Crippen molar-refractivity contribution in [1.29, 1.82) is 0 Å². The number of nitrogens with two attached hydrogens (primary N) is 2. The Balaban J connectivity index is 0.000000184. The topological polar surface area (TPSA) is 121 Å². The smallest absolute Gasteiger partial charge is 0.160 e. The number of methoxy groups -OCH3 is 2. The van der Waals surface area contributed by atoms with Crippen molar-refractivity contribution in [3.63, 3.8) is 0 Å². The summed E-state index contributed by atoms with van der Waals surface area (Å²) in [6.45, 7) is 0. The highest BCUT2D eigenvalue weighted by Crippen LogP contribution is 2.40. The molecule has 0 amide bonds. The molecule has 2 heterocycles. The number of halogens is 5. The van der Waals surface area contributed by atoms with Gasteiger partial charge in [0.15, 0.2) is 45.0 Å². The van der Waals surface area contributed by atoms with E-state index in [1.807, 2.05) is 24.3 Å². The minimum absolute atomic E-state index is 0. The van der Waals surface area contributed by atoms with Crippen LogP contribution >= 0.6 is 35.1 Å². The Morgan fingerprint density at radius 2 is 0.982 bits per heavy atom. The van der Waals surface area contributed by atoms with Crippen LogP contribution in [0, 0.1) is 23.3 Å². The second-order valence-electron chi connectivity index (χ2n) is 12.5. The average molecular weight is 807 g/mol. The van der Waals surface area contributed by atoms with Crippen LogP contribution in [0.5, 0.6) is 11.5 Å². The molecule has 6 aromatic rings. The number of nitrogens with zero attached hydrogens (tertiary/aromatic N) is 4. The molecule has 0 radical (unpaired) electrons. The van der Waals surface area contributed by atoms with E-state index < -0.39 is 34.6 Å². The number of hydrogen-bond acceptors (Lipinski definition) is 8. The molecular weight excluding hydrogens is 772 g/mol. The Morgan fingerprint density at radius 3 is 1.35 bits per heavy atom. The van der Waals surface area contributed by atoms with Gasteiger partial charge < -0.3 is 20.9 Å². The van der Waals surface area contributed by atoms with E-state index in [0.29, 0.717) is 10.0 Å². The highest BCUT2D eigenvalue weighted by atomic mass is 35.5. The van der Waals surface area contributed by atoms with Gasteiger partial charge in [0.2, 0.25) is 0 Å². The molecule has 284 valence electrons. The standard InChI is InChI=1S/2C20H17F2N3OS.ClH/c2*1-26-12-9-8-11-4-2-7-16-18(13(11)10-12)27-20(24-16)19(23)25-17-14(21)5-3-6-15(17)22;/h2*3,5-6,8-10H,2,4,7H2,1H3,(H2,23,25);1H. The van der Waals surface area contributed by atoms with Crippen molar-refractivity contribution in [1.82, 2.24) is 9.97 Å². The molecule has 8 nitrogen and oxygen atoms in total. The fourth-order valence-electron chi connectivity index (χ4n) is 6.33. The molecule has 0 fully saturated rings. The SMILES string of the molecule is COc1ccc2c(c1)-c1sc(C(N)=Nc3c(F)cccc3F)nc1CCC2.COc1ccc2c(c1)-c1sc(C(N)=Nc3c(F)cccc3F)nc1CCC2.Cl. The number of amidine groups is 2. The van der Waals surface area contributed by atoms with Gasteiger partial charge >= 0.3 is 0 Å². The average Bonchev–Trinajstić information content (AvgIpc) is 3.71. The molecule has 4 N–H and O–H groups in total. The summed E-state index contributed by atoms with van der Waals surface area (Å²) in [4.78, 5) is 19.1. The minimum Gasteiger partial charge on any atom is -0.497 e. The van der Waals surface area contributed by atoms with E-state index >= 15 is 0 Å². The normalized spacial score (nSPS) is 13.4. The molecule has 0 saturated carbocycles. The van der Waals surface area contributed by atoms with Gasteiger partial charge in [0, 0.05) is 11.1 Å². The van der Waals surface area contributed by atoms with Gasteiger partial charge in [0.1, 0.15) is 22.9 Å². The van der Waals surface area contributed by atoms with Gasteiger partial charge in [0.05, 0.1) is 35.4 Å². The molecule has 15 heteroatoms. The maximum Gasteiger partial charge on any atom is 0.160 e. The van der Waals surface area contributed by atoms with E-state index in [4.69, 9.17) is 20.9 Å². The summed E-state index contributed by atoms with van der Waals surface area (Å²) < 4.78 is 66.1. The molecule has 8 rings (SSSR count). The summed E-state index contributed by atoms with van der Waals surface area (Å²) in [5.74, 6) is -1.49. The van der Waals surface area contributed by atoms with E-state index in [9.17, 15) is 17.6 Å². The van der Waals surface area contributed by atoms with Crippen molar-refractivity contribution in [3.8, 4) is 32.4 Å². The molecule has 0 atom stereocenters. The van der Waals surface area contributed by atoms with Crippen molar-refractivity contribution in [2.75, 3.05) is 14.2 Å². The molecule has 0 spiro atoms. The number of fused-ring (bicyclic) bond motifs is 6. The predicted molar refractivity (Wildman–Crippen MR) is 213 cm³/mol.